The number of nitrogens with zero attached hydrogens (tertiary/aromatic N) is 2. The zero-order chi connectivity index (χ0) is 15.5. The first-order chi connectivity index (χ1) is 10.2. The van der Waals surface area contributed by atoms with Crippen LogP contribution in [0.4, 0.5) is 5.82 Å². The van der Waals surface area contributed by atoms with Crippen molar-refractivity contribution in [3.05, 3.63) is 23.9 Å². The third kappa shape index (κ3) is 6.44. The molecule has 0 saturated carbocycles. The van der Waals surface area contributed by atoms with Crippen molar-refractivity contribution in [3.8, 4) is 0 Å². The van der Waals surface area contributed by atoms with Crippen molar-refractivity contribution >= 4 is 5.82 Å². The van der Waals surface area contributed by atoms with Crippen LogP contribution in [0.25, 0.3) is 0 Å². The maximum absolute atomic E-state index is 5.02. The predicted octanol–water partition coefficient (Wildman–Crippen LogP) is 3.08. The molecule has 0 spiro atoms. The number of ether oxygens (including phenoxy) is 1. The summed E-state index contributed by atoms with van der Waals surface area (Å²) in [6, 6.07) is 4.30. The zero-order valence-electron chi connectivity index (χ0n) is 14.1. The number of pyridine rings is 1. The summed E-state index contributed by atoms with van der Waals surface area (Å²) in [6.45, 7) is 11.3. The minimum atomic E-state index is 0.741. The lowest BCUT2D eigenvalue weighted by Gasteiger charge is -2.26. The molecule has 0 fully saturated rings. The summed E-state index contributed by atoms with van der Waals surface area (Å²) >= 11 is 0. The number of hydrogen-bond acceptors (Lipinski definition) is 4. The number of nitrogens with one attached hydrogen (secondary N) is 1. The van der Waals surface area contributed by atoms with Gasteiger partial charge in [0, 0.05) is 39.5 Å². The second-order valence-corrected chi connectivity index (χ2v) is 5.42. The van der Waals surface area contributed by atoms with Gasteiger partial charge in [-0.25, -0.2) is 4.98 Å². The topological polar surface area (TPSA) is 37.4 Å². The quantitative estimate of drug-likeness (QED) is 0.636. The largest absolute Gasteiger partial charge is 0.383 e. The molecule has 0 bridgehead atoms. The summed E-state index contributed by atoms with van der Waals surface area (Å²) < 4.78 is 5.02. The number of hydrogen-bond donors (Lipinski definition) is 1. The van der Waals surface area contributed by atoms with Gasteiger partial charge in [-0.1, -0.05) is 32.8 Å². The average molecular weight is 293 g/mol. The number of rotatable bonds is 11. The van der Waals surface area contributed by atoms with Gasteiger partial charge in [0.25, 0.3) is 0 Å². The fraction of sp³-hybridized carbons (Fsp3) is 0.706. The molecular formula is C17H31N3O. The highest BCUT2D eigenvalue weighted by atomic mass is 16.5. The molecule has 4 heteroatoms. The first-order valence-corrected chi connectivity index (χ1v) is 8.14. The van der Waals surface area contributed by atoms with Crippen molar-refractivity contribution < 1.29 is 4.74 Å². The van der Waals surface area contributed by atoms with Crippen LogP contribution in [0.1, 0.15) is 39.2 Å². The van der Waals surface area contributed by atoms with Crippen molar-refractivity contribution in [2.45, 2.75) is 40.2 Å². The van der Waals surface area contributed by atoms with Crippen molar-refractivity contribution in [2.75, 3.05) is 38.3 Å². The van der Waals surface area contributed by atoms with Gasteiger partial charge in [0.05, 0.1) is 6.61 Å². The molecule has 1 aromatic heterocycles. The Kier molecular flexibility index (Phi) is 9.02. The summed E-state index contributed by atoms with van der Waals surface area (Å²) in [6.07, 6.45) is 4.44. The summed E-state index contributed by atoms with van der Waals surface area (Å²) in [4.78, 5) is 7.00. The minimum Gasteiger partial charge on any atom is -0.383 e. The van der Waals surface area contributed by atoms with Gasteiger partial charge in [-0.05, 0) is 24.5 Å². The Balaban J connectivity index is 2.53. The van der Waals surface area contributed by atoms with Crippen molar-refractivity contribution in [2.24, 2.45) is 5.92 Å². The Morgan fingerprint density at radius 2 is 2.00 bits per heavy atom. The Morgan fingerprint density at radius 1 is 1.24 bits per heavy atom. The number of aromatic nitrogens is 1. The molecule has 0 aliphatic heterocycles. The van der Waals surface area contributed by atoms with E-state index in [2.05, 4.69) is 48.1 Å². The summed E-state index contributed by atoms with van der Waals surface area (Å²) in [5, 5.41) is 3.34. The van der Waals surface area contributed by atoms with Gasteiger partial charge in [0.1, 0.15) is 5.82 Å². The van der Waals surface area contributed by atoms with Gasteiger partial charge in [0.2, 0.25) is 0 Å². The monoisotopic (exact) mass is 293 g/mol. The van der Waals surface area contributed by atoms with Gasteiger partial charge in [-0.2, -0.15) is 0 Å². The van der Waals surface area contributed by atoms with E-state index in [-0.39, 0.29) is 0 Å². The average Bonchev–Trinajstić information content (AvgIpc) is 2.54. The van der Waals surface area contributed by atoms with Crippen LogP contribution in [0.5, 0.6) is 0 Å². The standard InChI is InChI=1S/C17H31N3O/c1-5-15(6-2)14-20(7-3)17-9-8-16(13-19-17)12-18-10-11-21-4/h8-9,13,15,18H,5-7,10-12,14H2,1-4H3. The molecule has 0 saturated heterocycles. The van der Waals surface area contributed by atoms with Crippen molar-refractivity contribution in [3.63, 3.8) is 0 Å². The molecule has 1 aromatic rings. The lowest BCUT2D eigenvalue weighted by molar-refractivity contribution is 0.199. The van der Waals surface area contributed by atoms with E-state index < -0.39 is 0 Å². The Morgan fingerprint density at radius 3 is 2.52 bits per heavy atom. The van der Waals surface area contributed by atoms with Gasteiger partial charge in [-0.3, -0.25) is 0 Å². The predicted molar refractivity (Wildman–Crippen MR) is 89.8 cm³/mol. The molecule has 21 heavy (non-hydrogen) atoms. The maximum atomic E-state index is 5.02. The molecule has 0 radical (unpaired) electrons. The van der Waals surface area contributed by atoms with Crippen LogP contribution in [-0.4, -0.2) is 38.3 Å². The van der Waals surface area contributed by atoms with Gasteiger partial charge in [0.15, 0.2) is 0 Å². The molecule has 0 amide bonds. The van der Waals surface area contributed by atoms with E-state index in [1.807, 2.05) is 6.20 Å². The second kappa shape index (κ2) is 10.6. The first kappa shape index (κ1) is 17.9. The van der Waals surface area contributed by atoms with E-state index in [1.165, 1.54) is 18.4 Å². The summed E-state index contributed by atoms with van der Waals surface area (Å²) in [5.41, 5.74) is 1.22. The lowest BCUT2D eigenvalue weighted by Crippen LogP contribution is -2.29. The fourth-order valence-electron chi connectivity index (χ4n) is 2.36. The zero-order valence-corrected chi connectivity index (χ0v) is 14.1. The van der Waals surface area contributed by atoms with E-state index in [4.69, 9.17) is 4.74 Å². The molecule has 0 aliphatic carbocycles. The van der Waals surface area contributed by atoms with Crippen LogP contribution >= 0.6 is 0 Å². The molecule has 0 atom stereocenters. The Hall–Kier alpha value is -1.13. The Labute approximate surface area is 129 Å². The van der Waals surface area contributed by atoms with Gasteiger partial charge in [-0.15, -0.1) is 0 Å². The summed E-state index contributed by atoms with van der Waals surface area (Å²) in [5.74, 6) is 1.84. The molecule has 4 nitrogen and oxygen atoms in total. The third-order valence-corrected chi connectivity index (χ3v) is 3.96. The van der Waals surface area contributed by atoms with E-state index in [0.29, 0.717) is 0 Å². The molecule has 0 aliphatic rings. The van der Waals surface area contributed by atoms with Crippen LogP contribution in [0.15, 0.2) is 18.3 Å². The number of anilines is 1. The van der Waals surface area contributed by atoms with Crippen LogP contribution in [0.3, 0.4) is 0 Å². The lowest BCUT2D eigenvalue weighted by atomic mass is 10.0. The molecule has 1 rings (SSSR count). The SMILES string of the molecule is CCC(CC)CN(CC)c1ccc(CNCCOC)cn1. The van der Waals surface area contributed by atoms with E-state index >= 15 is 0 Å². The van der Waals surface area contributed by atoms with Crippen LogP contribution in [0, 0.1) is 5.92 Å². The highest BCUT2D eigenvalue weighted by molar-refractivity contribution is 5.39. The Bertz CT molecular complexity index is 363. The van der Waals surface area contributed by atoms with Crippen LogP contribution < -0.4 is 10.2 Å². The molecule has 0 aromatic carbocycles. The van der Waals surface area contributed by atoms with E-state index in [1.54, 1.807) is 7.11 Å². The third-order valence-electron chi connectivity index (χ3n) is 3.96. The normalized spacial score (nSPS) is 11.1. The molecule has 120 valence electrons. The first-order valence-electron chi connectivity index (χ1n) is 8.14. The smallest absolute Gasteiger partial charge is 0.128 e. The van der Waals surface area contributed by atoms with Crippen LogP contribution in [-0.2, 0) is 11.3 Å². The minimum absolute atomic E-state index is 0.741. The van der Waals surface area contributed by atoms with Crippen molar-refractivity contribution in [1.29, 1.82) is 0 Å². The summed E-state index contributed by atoms with van der Waals surface area (Å²) in [7, 11) is 1.72. The highest BCUT2D eigenvalue weighted by Crippen LogP contribution is 2.16. The highest BCUT2D eigenvalue weighted by Gasteiger charge is 2.11. The van der Waals surface area contributed by atoms with E-state index in [0.717, 1.165) is 44.5 Å². The number of methoxy groups -OCH3 is 1. The molecular weight excluding hydrogens is 262 g/mol. The van der Waals surface area contributed by atoms with Crippen molar-refractivity contribution in [1.82, 2.24) is 10.3 Å². The second-order valence-electron chi connectivity index (χ2n) is 5.42. The maximum Gasteiger partial charge on any atom is 0.128 e. The van der Waals surface area contributed by atoms with Gasteiger partial charge >= 0.3 is 0 Å². The fourth-order valence-corrected chi connectivity index (χ4v) is 2.36. The van der Waals surface area contributed by atoms with E-state index in [9.17, 15) is 0 Å². The molecule has 1 N–H and O–H groups in total. The molecule has 0 unspecified atom stereocenters. The van der Waals surface area contributed by atoms with Crippen LogP contribution in [0.2, 0.25) is 0 Å². The van der Waals surface area contributed by atoms with Gasteiger partial charge < -0.3 is 15.0 Å². The molecule has 1 heterocycles.